The van der Waals surface area contributed by atoms with Gasteiger partial charge in [0.25, 0.3) is 0 Å². The van der Waals surface area contributed by atoms with E-state index in [1.54, 1.807) is 36.4 Å². The van der Waals surface area contributed by atoms with Gasteiger partial charge in [-0.15, -0.1) is 0 Å². The third-order valence-electron chi connectivity index (χ3n) is 2.58. The van der Waals surface area contributed by atoms with Crippen LogP contribution in [0, 0.1) is 0 Å². The Morgan fingerprint density at radius 1 is 0.950 bits per heavy atom. The molecule has 2 aromatic rings. The van der Waals surface area contributed by atoms with Gasteiger partial charge in [-0.3, -0.25) is 0 Å². The number of hydrogen-bond acceptors (Lipinski definition) is 3. The fraction of sp³-hybridized carbons (Fsp3) is 0. The van der Waals surface area contributed by atoms with Crippen LogP contribution in [0.3, 0.4) is 0 Å². The maximum absolute atomic E-state index is 11.7. The molecule has 0 heterocycles. The molecule has 0 saturated heterocycles. The summed E-state index contributed by atoms with van der Waals surface area (Å²) in [4.78, 5) is 11.7. The number of nitrogens with two attached hydrogens (primary N) is 1. The van der Waals surface area contributed by atoms with E-state index in [2.05, 4.69) is 15.8 Å². The van der Waals surface area contributed by atoms with Gasteiger partial charge in [-0.05, 0) is 36.4 Å². The van der Waals surface area contributed by atoms with Crippen LogP contribution in [-0.2, 0) is 0 Å². The van der Waals surface area contributed by atoms with Crippen molar-refractivity contribution in [1.29, 1.82) is 0 Å². The molecule has 102 valence electrons. The molecule has 2 rings (SSSR count). The van der Waals surface area contributed by atoms with Gasteiger partial charge in [-0.1, -0.05) is 23.4 Å². The van der Waals surface area contributed by atoms with E-state index >= 15 is 0 Å². The predicted octanol–water partition coefficient (Wildman–Crippen LogP) is 2.43. The van der Waals surface area contributed by atoms with E-state index < -0.39 is 0 Å². The van der Waals surface area contributed by atoms with Crippen LogP contribution in [0.2, 0.25) is 0 Å². The second kappa shape index (κ2) is 6.24. The first-order chi connectivity index (χ1) is 9.69. The summed E-state index contributed by atoms with van der Waals surface area (Å²) in [5, 5.41) is 16.8. The van der Waals surface area contributed by atoms with E-state index in [0.29, 0.717) is 16.9 Å². The van der Waals surface area contributed by atoms with Crippen molar-refractivity contribution in [3.63, 3.8) is 0 Å². The third-order valence-corrected chi connectivity index (χ3v) is 2.58. The number of carbonyl (C=O) groups is 1. The molecule has 5 N–H and O–H groups in total. The lowest BCUT2D eigenvalue weighted by Crippen LogP contribution is -2.19. The van der Waals surface area contributed by atoms with Gasteiger partial charge in [0.1, 0.15) is 0 Å². The number of benzene rings is 2. The maximum Gasteiger partial charge on any atom is 0.323 e. The van der Waals surface area contributed by atoms with E-state index in [1.165, 1.54) is 0 Å². The van der Waals surface area contributed by atoms with Crippen molar-refractivity contribution in [3.8, 4) is 0 Å². The van der Waals surface area contributed by atoms with Crippen molar-refractivity contribution >= 4 is 23.2 Å². The molecule has 6 heteroatoms. The zero-order chi connectivity index (χ0) is 14.4. The monoisotopic (exact) mass is 270 g/mol. The topological polar surface area (TPSA) is 99.7 Å². The molecule has 6 nitrogen and oxygen atoms in total. The highest BCUT2D eigenvalue weighted by Crippen LogP contribution is 2.11. The normalized spacial score (nSPS) is 10.9. The molecule has 0 saturated carbocycles. The fourth-order valence-electron chi connectivity index (χ4n) is 1.60. The number of amides is 2. The number of rotatable bonds is 3. The van der Waals surface area contributed by atoms with Crippen LogP contribution in [-0.4, -0.2) is 17.1 Å². The molecule has 0 bridgehead atoms. The lowest BCUT2D eigenvalue weighted by atomic mass is 10.2. The van der Waals surface area contributed by atoms with Crippen molar-refractivity contribution in [1.82, 2.24) is 0 Å². The largest absolute Gasteiger partial charge is 0.409 e. The Hall–Kier alpha value is -3.02. The minimum Gasteiger partial charge on any atom is -0.409 e. The van der Waals surface area contributed by atoms with E-state index in [4.69, 9.17) is 10.9 Å². The average molecular weight is 270 g/mol. The predicted molar refractivity (Wildman–Crippen MR) is 78.0 cm³/mol. The van der Waals surface area contributed by atoms with Gasteiger partial charge in [0.15, 0.2) is 5.84 Å². The number of para-hydroxylation sites is 1. The number of nitrogens with zero attached hydrogens (tertiary/aromatic N) is 1. The minimum atomic E-state index is -0.340. The van der Waals surface area contributed by atoms with Crippen molar-refractivity contribution in [2.45, 2.75) is 0 Å². The molecule has 0 aromatic heterocycles. The van der Waals surface area contributed by atoms with Gasteiger partial charge < -0.3 is 21.6 Å². The summed E-state index contributed by atoms with van der Waals surface area (Å²) >= 11 is 0. The summed E-state index contributed by atoms with van der Waals surface area (Å²) in [6.07, 6.45) is 0. The maximum atomic E-state index is 11.7. The van der Waals surface area contributed by atoms with E-state index in [-0.39, 0.29) is 11.9 Å². The van der Waals surface area contributed by atoms with E-state index in [1.807, 2.05) is 18.2 Å². The molecule has 0 radical (unpaired) electrons. The van der Waals surface area contributed by atoms with E-state index in [0.717, 1.165) is 0 Å². The molecule has 20 heavy (non-hydrogen) atoms. The number of oxime groups is 1. The first-order valence-corrected chi connectivity index (χ1v) is 5.90. The number of nitrogens with one attached hydrogen (secondary N) is 2. The van der Waals surface area contributed by atoms with Crippen LogP contribution < -0.4 is 16.4 Å². The van der Waals surface area contributed by atoms with Crippen LogP contribution >= 0.6 is 0 Å². The highest BCUT2D eigenvalue weighted by Gasteiger charge is 2.03. The Balaban J connectivity index is 1.98. The molecule has 0 atom stereocenters. The Morgan fingerprint density at radius 3 is 2.05 bits per heavy atom. The summed E-state index contributed by atoms with van der Waals surface area (Å²) in [5.41, 5.74) is 7.33. The highest BCUT2D eigenvalue weighted by molar-refractivity contribution is 6.01. The van der Waals surface area contributed by atoms with Crippen molar-refractivity contribution in [3.05, 3.63) is 60.2 Å². The van der Waals surface area contributed by atoms with Crippen LogP contribution in [0.15, 0.2) is 59.8 Å². The molecule has 0 aliphatic rings. The second-order valence-electron chi connectivity index (χ2n) is 4.01. The summed E-state index contributed by atoms with van der Waals surface area (Å²) in [6.45, 7) is 0. The third kappa shape index (κ3) is 3.49. The molecule has 0 spiro atoms. The number of carbonyl (C=O) groups excluding carboxylic acids is 1. The molecule has 0 fully saturated rings. The van der Waals surface area contributed by atoms with Gasteiger partial charge in [0, 0.05) is 16.9 Å². The van der Waals surface area contributed by atoms with Crippen molar-refractivity contribution < 1.29 is 10.0 Å². The standard InChI is InChI=1S/C14H14N4O2/c15-13(18-20)10-6-8-12(9-7-10)17-14(19)16-11-4-2-1-3-5-11/h1-9,20H,(H2,15,18)(H2,16,17,19). The highest BCUT2D eigenvalue weighted by atomic mass is 16.4. The van der Waals surface area contributed by atoms with Crippen LogP contribution in [0.25, 0.3) is 0 Å². The zero-order valence-corrected chi connectivity index (χ0v) is 10.6. The summed E-state index contributed by atoms with van der Waals surface area (Å²) < 4.78 is 0. The number of anilines is 2. The van der Waals surface area contributed by atoms with Crippen molar-refractivity contribution in [2.75, 3.05) is 10.6 Å². The first kappa shape index (κ1) is 13.4. The first-order valence-electron chi connectivity index (χ1n) is 5.90. The lowest BCUT2D eigenvalue weighted by Gasteiger charge is -2.08. The average Bonchev–Trinajstić information content (AvgIpc) is 2.48. The molecule has 2 amide bonds. The number of urea groups is 1. The molecular formula is C14H14N4O2. The van der Waals surface area contributed by atoms with Gasteiger partial charge in [0.2, 0.25) is 0 Å². The number of hydrogen-bond donors (Lipinski definition) is 4. The quantitative estimate of drug-likeness (QED) is 0.298. The Bertz CT molecular complexity index is 609. The summed E-state index contributed by atoms with van der Waals surface area (Å²) in [6, 6.07) is 15.4. The summed E-state index contributed by atoms with van der Waals surface area (Å²) in [7, 11) is 0. The number of amidine groups is 1. The second-order valence-corrected chi connectivity index (χ2v) is 4.01. The Labute approximate surface area is 115 Å². The SMILES string of the molecule is N/C(=N/O)c1ccc(NC(=O)Nc2ccccc2)cc1. The van der Waals surface area contributed by atoms with Gasteiger partial charge >= 0.3 is 6.03 Å². The van der Waals surface area contributed by atoms with Crippen LogP contribution in [0.1, 0.15) is 5.56 Å². The van der Waals surface area contributed by atoms with E-state index in [9.17, 15) is 4.79 Å². The van der Waals surface area contributed by atoms with Gasteiger partial charge in [0.05, 0.1) is 0 Å². The zero-order valence-electron chi connectivity index (χ0n) is 10.6. The van der Waals surface area contributed by atoms with Crippen LogP contribution in [0.5, 0.6) is 0 Å². The lowest BCUT2D eigenvalue weighted by molar-refractivity contribution is 0.262. The van der Waals surface area contributed by atoms with Gasteiger partial charge in [-0.25, -0.2) is 4.79 Å². The molecule has 0 unspecified atom stereocenters. The molecule has 0 aliphatic carbocycles. The smallest absolute Gasteiger partial charge is 0.323 e. The van der Waals surface area contributed by atoms with Crippen molar-refractivity contribution in [2.24, 2.45) is 10.9 Å². The van der Waals surface area contributed by atoms with Gasteiger partial charge in [-0.2, -0.15) is 0 Å². The fourth-order valence-corrected chi connectivity index (χ4v) is 1.60. The molecule has 0 aliphatic heterocycles. The summed E-state index contributed by atoms with van der Waals surface area (Å²) in [5.74, 6) is 0.0188. The minimum absolute atomic E-state index is 0.0188. The Kier molecular flexibility index (Phi) is 4.18. The van der Waals surface area contributed by atoms with Crippen LogP contribution in [0.4, 0.5) is 16.2 Å². The molecule has 2 aromatic carbocycles. The molecular weight excluding hydrogens is 256 g/mol. The Morgan fingerprint density at radius 2 is 1.50 bits per heavy atom.